The van der Waals surface area contributed by atoms with Gasteiger partial charge >= 0.3 is 0 Å². The van der Waals surface area contributed by atoms with Gasteiger partial charge in [0.15, 0.2) is 0 Å². The van der Waals surface area contributed by atoms with Crippen LogP contribution in [-0.4, -0.2) is 53.1 Å². The third-order valence-electron chi connectivity index (χ3n) is 3.99. The molecule has 8 heteroatoms. The lowest BCUT2D eigenvalue weighted by molar-refractivity contribution is 0.0926. The average molecular weight is 347 g/mol. The zero-order valence-corrected chi connectivity index (χ0v) is 14.5. The first-order chi connectivity index (χ1) is 11.8. The summed E-state index contributed by atoms with van der Waals surface area (Å²) >= 11 is 1.43. The second-order valence-corrected chi connectivity index (χ2v) is 6.42. The van der Waals surface area contributed by atoms with Crippen molar-refractivity contribution in [2.24, 2.45) is 0 Å². The highest BCUT2D eigenvalue weighted by Gasteiger charge is 2.23. The van der Waals surface area contributed by atoms with Crippen molar-refractivity contribution in [1.29, 1.82) is 0 Å². The van der Waals surface area contributed by atoms with Crippen LogP contribution in [0.2, 0.25) is 0 Å². The first-order valence-corrected chi connectivity index (χ1v) is 8.82. The Morgan fingerprint density at radius 2 is 2.25 bits per heavy atom. The minimum absolute atomic E-state index is 0.105. The quantitative estimate of drug-likeness (QED) is 0.853. The highest BCUT2D eigenvalue weighted by Crippen LogP contribution is 2.22. The summed E-state index contributed by atoms with van der Waals surface area (Å²) in [4.78, 5) is 23.0. The molecule has 0 aromatic carbocycles. The van der Waals surface area contributed by atoms with Gasteiger partial charge in [-0.15, -0.1) is 0 Å². The van der Waals surface area contributed by atoms with Gasteiger partial charge in [0.2, 0.25) is 5.13 Å². The molecule has 1 amide bonds. The number of carbonyl (C=O) groups is 1. The van der Waals surface area contributed by atoms with E-state index in [2.05, 4.69) is 24.6 Å². The smallest absolute Gasteiger partial charge is 0.270 e. The number of methoxy groups -OCH3 is 1. The molecular formula is C16H21N5O2S. The van der Waals surface area contributed by atoms with Crippen molar-refractivity contribution in [2.75, 3.05) is 31.7 Å². The van der Waals surface area contributed by atoms with Crippen LogP contribution in [0.5, 0.6) is 0 Å². The Morgan fingerprint density at radius 3 is 2.96 bits per heavy atom. The predicted octanol–water partition coefficient (Wildman–Crippen LogP) is 1.52. The van der Waals surface area contributed by atoms with Crippen LogP contribution in [0.3, 0.4) is 0 Å². The Hall–Kier alpha value is -2.06. The fourth-order valence-electron chi connectivity index (χ4n) is 2.64. The van der Waals surface area contributed by atoms with E-state index in [-0.39, 0.29) is 11.9 Å². The number of ether oxygens (including phenoxy) is 1. The molecule has 1 saturated heterocycles. The number of rotatable bonds is 6. The topological polar surface area (TPSA) is 80.2 Å². The highest BCUT2D eigenvalue weighted by atomic mass is 32.1. The number of nitrogens with one attached hydrogen (secondary N) is 1. The number of hydrogen-bond donors (Lipinski definition) is 1. The third kappa shape index (κ3) is 4.27. The SMILES string of the molecule is COCCc1nsc(N2CCC(NC(=O)c3ccccn3)CC2)n1. The molecule has 0 spiro atoms. The molecule has 1 aliphatic rings. The van der Waals surface area contributed by atoms with Gasteiger partial charge in [0.25, 0.3) is 5.91 Å². The molecule has 3 heterocycles. The molecule has 1 aliphatic heterocycles. The second-order valence-electron chi connectivity index (χ2n) is 5.69. The summed E-state index contributed by atoms with van der Waals surface area (Å²) in [5.74, 6) is 0.731. The molecule has 1 N–H and O–H groups in total. The van der Waals surface area contributed by atoms with E-state index in [0.29, 0.717) is 12.3 Å². The van der Waals surface area contributed by atoms with Gasteiger partial charge in [-0.1, -0.05) is 6.07 Å². The number of anilines is 1. The third-order valence-corrected chi connectivity index (χ3v) is 4.80. The molecule has 7 nitrogen and oxygen atoms in total. The summed E-state index contributed by atoms with van der Waals surface area (Å²) in [6.45, 7) is 2.37. The maximum atomic E-state index is 12.1. The van der Waals surface area contributed by atoms with Crippen LogP contribution in [0.4, 0.5) is 5.13 Å². The van der Waals surface area contributed by atoms with Crippen molar-refractivity contribution in [3.8, 4) is 0 Å². The van der Waals surface area contributed by atoms with Crippen LogP contribution in [0, 0.1) is 0 Å². The number of carbonyl (C=O) groups excluding carboxylic acids is 1. The van der Waals surface area contributed by atoms with Gasteiger partial charge in [-0.3, -0.25) is 9.78 Å². The molecule has 2 aromatic rings. The molecule has 0 aliphatic carbocycles. The Balaban J connectivity index is 1.49. The van der Waals surface area contributed by atoms with Gasteiger partial charge in [-0.2, -0.15) is 4.37 Å². The van der Waals surface area contributed by atoms with E-state index < -0.39 is 0 Å². The minimum Gasteiger partial charge on any atom is -0.384 e. The Morgan fingerprint density at radius 1 is 1.42 bits per heavy atom. The summed E-state index contributed by atoms with van der Waals surface area (Å²) in [5.41, 5.74) is 0.465. The van der Waals surface area contributed by atoms with E-state index >= 15 is 0 Å². The van der Waals surface area contributed by atoms with Crippen molar-refractivity contribution < 1.29 is 9.53 Å². The zero-order chi connectivity index (χ0) is 16.8. The summed E-state index contributed by atoms with van der Waals surface area (Å²) < 4.78 is 9.42. The summed E-state index contributed by atoms with van der Waals surface area (Å²) in [7, 11) is 1.68. The molecule has 0 radical (unpaired) electrons. The Labute approximate surface area is 145 Å². The van der Waals surface area contributed by atoms with Crippen LogP contribution >= 0.6 is 11.5 Å². The van der Waals surface area contributed by atoms with Crippen LogP contribution in [0.15, 0.2) is 24.4 Å². The van der Waals surface area contributed by atoms with Crippen molar-refractivity contribution >= 4 is 22.6 Å². The number of piperidine rings is 1. The lowest BCUT2D eigenvalue weighted by Crippen LogP contribution is -2.44. The van der Waals surface area contributed by atoms with Crippen molar-refractivity contribution in [3.63, 3.8) is 0 Å². The van der Waals surface area contributed by atoms with E-state index in [1.165, 1.54) is 11.5 Å². The van der Waals surface area contributed by atoms with Crippen LogP contribution in [0.25, 0.3) is 0 Å². The summed E-state index contributed by atoms with van der Waals surface area (Å²) in [6.07, 6.45) is 4.16. The van der Waals surface area contributed by atoms with Crippen molar-refractivity contribution in [1.82, 2.24) is 19.7 Å². The van der Waals surface area contributed by atoms with Crippen molar-refractivity contribution in [2.45, 2.75) is 25.3 Å². The Kier molecular flexibility index (Phi) is 5.71. The molecule has 2 aromatic heterocycles. The van der Waals surface area contributed by atoms with Crippen LogP contribution < -0.4 is 10.2 Å². The average Bonchev–Trinajstić information content (AvgIpc) is 3.10. The van der Waals surface area contributed by atoms with Gasteiger partial charge < -0.3 is 15.0 Å². The number of amides is 1. The normalized spacial score (nSPS) is 15.5. The monoisotopic (exact) mass is 347 g/mol. The predicted molar refractivity (Wildman–Crippen MR) is 92.4 cm³/mol. The molecule has 3 rings (SSSR count). The fraction of sp³-hybridized carbons (Fsp3) is 0.500. The first kappa shape index (κ1) is 16.8. The molecular weight excluding hydrogens is 326 g/mol. The minimum atomic E-state index is -0.105. The molecule has 0 atom stereocenters. The number of aromatic nitrogens is 3. The maximum absolute atomic E-state index is 12.1. The standard InChI is InChI=1S/C16H21N5O2S/c1-23-11-7-14-19-16(24-20-14)21-9-5-12(6-10-21)18-15(22)13-4-2-3-8-17-13/h2-4,8,12H,5-7,9-11H2,1H3,(H,18,22). The summed E-state index contributed by atoms with van der Waals surface area (Å²) in [5, 5.41) is 4.02. The van der Waals surface area contributed by atoms with Gasteiger partial charge in [-0.25, -0.2) is 4.98 Å². The summed E-state index contributed by atoms with van der Waals surface area (Å²) in [6, 6.07) is 5.53. The largest absolute Gasteiger partial charge is 0.384 e. The molecule has 0 bridgehead atoms. The van der Waals surface area contributed by atoms with E-state index in [1.807, 2.05) is 6.07 Å². The second kappa shape index (κ2) is 8.16. The van der Waals surface area contributed by atoms with Crippen LogP contribution in [0.1, 0.15) is 29.2 Å². The molecule has 1 fully saturated rings. The first-order valence-electron chi connectivity index (χ1n) is 8.04. The number of pyridine rings is 1. The van der Waals surface area contributed by atoms with E-state index in [0.717, 1.165) is 43.3 Å². The number of hydrogen-bond acceptors (Lipinski definition) is 7. The lowest BCUT2D eigenvalue weighted by Gasteiger charge is -2.31. The van der Waals surface area contributed by atoms with E-state index in [4.69, 9.17) is 4.74 Å². The number of nitrogens with zero attached hydrogens (tertiary/aromatic N) is 4. The molecule has 0 saturated carbocycles. The molecule has 128 valence electrons. The molecule has 24 heavy (non-hydrogen) atoms. The lowest BCUT2D eigenvalue weighted by atomic mass is 10.1. The maximum Gasteiger partial charge on any atom is 0.270 e. The van der Waals surface area contributed by atoms with Crippen LogP contribution in [-0.2, 0) is 11.2 Å². The van der Waals surface area contributed by atoms with Gasteiger partial charge in [-0.05, 0) is 25.0 Å². The fourth-order valence-corrected chi connectivity index (χ4v) is 3.40. The Bertz CT molecular complexity index is 655. The zero-order valence-electron chi connectivity index (χ0n) is 13.6. The molecule has 0 unspecified atom stereocenters. The van der Waals surface area contributed by atoms with Gasteiger partial charge in [0.05, 0.1) is 6.61 Å². The van der Waals surface area contributed by atoms with E-state index in [9.17, 15) is 4.79 Å². The highest BCUT2D eigenvalue weighted by molar-refractivity contribution is 7.09. The van der Waals surface area contributed by atoms with Crippen molar-refractivity contribution in [3.05, 3.63) is 35.9 Å². The van der Waals surface area contributed by atoms with E-state index in [1.54, 1.807) is 25.4 Å². The van der Waals surface area contributed by atoms with Gasteiger partial charge in [0, 0.05) is 50.4 Å². The van der Waals surface area contributed by atoms with Gasteiger partial charge in [0.1, 0.15) is 11.5 Å².